The molecule has 20 heavy (non-hydrogen) atoms. The molecule has 6 heteroatoms. The van der Waals surface area contributed by atoms with Gasteiger partial charge in [0.05, 0.1) is 18.8 Å². The average Bonchev–Trinajstić information content (AvgIpc) is 2.94. The first kappa shape index (κ1) is 15.2. The lowest BCUT2D eigenvalue weighted by molar-refractivity contribution is -0.118. The number of carbonyl (C=O) groups is 1. The molecule has 0 unspecified atom stereocenters. The number of thiophene rings is 1. The van der Waals surface area contributed by atoms with E-state index in [9.17, 15) is 4.79 Å². The van der Waals surface area contributed by atoms with E-state index in [-0.39, 0.29) is 24.7 Å². The number of hydrogen-bond donors (Lipinski definition) is 3. The second-order valence-corrected chi connectivity index (χ2v) is 5.67. The normalized spacial score (nSPS) is 23.1. The van der Waals surface area contributed by atoms with Gasteiger partial charge in [0.15, 0.2) is 0 Å². The van der Waals surface area contributed by atoms with Crippen molar-refractivity contribution >= 4 is 23.3 Å². The van der Waals surface area contributed by atoms with Crippen molar-refractivity contribution in [2.75, 3.05) is 20.2 Å². The fourth-order valence-corrected chi connectivity index (χ4v) is 3.01. The number of aliphatic hydroxyl groups is 1. The predicted molar refractivity (Wildman–Crippen MR) is 79.5 cm³/mol. The second kappa shape index (κ2) is 7.54. The van der Waals surface area contributed by atoms with Crippen LogP contribution in [0.25, 0.3) is 6.08 Å². The number of piperidine rings is 1. The Morgan fingerprint density at radius 2 is 2.55 bits per heavy atom. The van der Waals surface area contributed by atoms with Crippen molar-refractivity contribution in [3.8, 4) is 0 Å². The summed E-state index contributed by atoms with van der Waals surface area (Å²) < 4.78 is 5.38. The molecule has 0 radical (unpaired) electrons. The quantitative estimate of drug-likeness (QED) is 0.701. The van der Waals surface area contributed by atoms with Gasteiger partial charge >= 0.3 is 0 Å². The van der Waals surface area contributed by atoms with Gasteiger partial charge in [-0.25, -0.2) is 0 Å². The molecule has 1 amide bonds. The Bertz CT molecular complexity index is 473. The van der Waals surface area contributed by atoms with Gasteiger partial charge in [0.25, 0.3) is 0 Å². The third-order valence-corrected chi connectivity index (χ3v) is 4.25. The number of amides is 1. The van der Waals surface area contributed by atoms with Gasteiger partial charge in [-0.15, -0.1) is 11.3 Å². The lowest BCUT2D eigenvalue weighted by Gasteiger charge is -2.31. The zero-order valence-corrected chi connectivity index (χ0v) is 12.3. The summed E-state index contributed by atoms with van der Waals surface area (Å²) in [5.41, 5.74) is 0.867. The maximum absolute atomic E-state index is 11.9. The van der Waals surface area contributed by atoms with Crippen LogP contribution in [0.2, 0.25) is 0 Å². The highest BCUT2D eigenvalue weighted by molar-refractivity contribution is 7.11. The van der Waals surface area contributed by atoms with Crippen LogP contribution in [0.3, 0.4) is 0 Å². The molecule has 1 aliphatic heterocycles. The van der Waals surface area contributed by atoms with Crippen molar-refractivity contribution in [1.29, 1.82) is 0 Å². The molecule has 110 valence electrons. The van der Waals surface area contributed by atoms with Crippen molar-refractivity contribution in [2.45, 2.75) is 25.2 Å². The number of aliphatic hydroxyl groups excluding tert-OH is 1. The minimum Gasteiger partial charge on any atom is -0.392 e. The van der Waals surface area contributed by atoms with Gasteiger partial charge in [-0.2, -0.15) is 0 Å². The Morgan fingerprint density at radius 3 is 3.25 bits per heavy atom. The fraction of sp³-hybridized carbons (Fsp3) is 0.500. The van der Waals surface area contributed by atoms with Crippen molar-refractivity contribution < 1.29 is 14.6 Å². The minimum absolute atomic E-state index is 0.00207. The lowest BCUT2D eigenvalue weighted by Crippen LogP contribution is -2.54. The second-order valence-electron chi connectivity index (χ2n) is 4.73. The largest absolute Gasteiger partial charge is 0.392 e. The summed E-state index contributed by atoms with van der Waals surface area (Å²) in [4.78, 5) is 12.8. The Balaban J connectivity index is 1.87. The van der Waals surface area contributed by atoms with E-state index in [1.807, 2.05) is 11.4 Å². The topological polar surface area (TPSA) is 70.6 Å². The molecule has 1 fully saturated rings. The highest BCUT2D eigenvalue weighted by atomic mass is 32.1. The van der Waals surface area contributed by atoms with E-state index in [2.05, 4.69) is 10.6 Å². The molecule has 0 saturated carbocycles. The standard InChI is InChI=1S/C14H20N2O3S/c1-19-13-4-5-15-7-12(13)16-14(18)3-2-11-6-10(8-17)9-20-11/h2-3,6,9,12-13,15,17H,4-5,7-8H2,1H3,(H,16,18)/t12-,13+/m0/s1. The summed E-state index contributed by atoms with van der Waals surface area (Å²) in [7, 11) is 1.67. The van der Waals surface area contributed by atoms with Crippen LogP contribution in [0.1, 0.15) is 16.9 Å². The monoisotopic (exact) mass is 296 g/mol. The summed E-state index contributed by atoms with van der Waals surface area (Å²) in [5, 5.41) is 17.1. The molecule has 3 N–H and O–H groups in total. The highest BCUT2D eigenvalue weighted by Gasteiger charge is 2.25. The Hall–Kier alpha value is -1.21. The minimum atomic E-state index is -0.125. The van der Waals surface area contributed by atoms with E-state index >= 15 is 0 Å². The summed E-state index contributed by atoms with van der Waals surface area (Å²) in [6, 6.07) is 1.87. The number of rotatable bonds is 5. The number of ether oxygens (including phenoxy) is 1. The van der Waals surface area contributed by atoms with Crippen LogP contribution >= 0.6 is 11.3 Å². The molecule has 2 atom stereocenters. The van der Waals surface area contributed by atoms with Crippen molar-refractivity contribution in [1.82, 2.24) is 10.6 Å². The number of methoxy groups -OCH3 is 1. The smallest absolute Gasteiger partial charge is 0.244 e. The van der Waals surface area contributed by atoms with Crippen molar-refractivity contribution in [3.05, 3.63) is 28.0 Å². The molecule has 0 aliphatic carbocycles. The summed E-state index contributed by atoms with van der Waals surface area (Å²) >= 11 is 1.50. The zero-order valence-electron chi connectivity index (χ0n) is 11.5. The molecule has 0 bridgehead atoms. The lowest BCUT2D eigenvalue weighted by atomic mass is 10.0. The van der Waals surface area contributed by atoms with Gasteiger partial charge in [0.2, 0.25) is 5.91 Å². The van der Waals surface area contributed by atoms with E-state index in [0.717, 1.165) is 30.0 Å². The highest BCUT2D eigenvalue weighted by Crippen LogP contribution is 2.16. The van der Waals surface area contributed by atoms with E-state index in [1.165, 1.54) is 17.4 Å². The molecule has 0 spiro atoms. The van der Waals surface area contributed by atoms with Crippen LogP contribution in [0, 0.1) is 0 Å². The SMILES string of the molecule is CO[C@@H]1CCNC[C@@H]1NC(=O)C=Cc1cc(CO)cs1. The van der Waals surface area contributed by atoms with E-state index in [4.69, 9.17) is 9.84 Å². The van der Waals surface area contributed by atoms with Crippen LogP contribution in [0.15, 0.2) is 17.5 Å². The number of nitrogens with one attached hydrogen (secondary N) is 2. The van der Waals surface area contributed by atoms with Crippen LogP contribution in [-0.4, -0.2) is 43.4 Å². The van der Waals surface area contributed by atoms with Gasteiger partial charge in [0.1, 0.15) is 0 Å². The van der Waals surface area contributed by atoms with Gasteiger partial charge in [-0.05, 0) is 36.1 Å². The van der Waals surface area contributed by atoms with Gasteiger partial charge in [0, 0.05) is 24.6 Å². The fourth-order valence-electron chi connectivity index (χ4n) is 2.21. The maximum atomic E-state index is 11.9. The number of hydrogen-bond acceptors (Lipinski definition) is 5. The maximum Gasteiger partial charge on any atom is 0.244 e. The van der Waals surface area contributed by atoms with Gasteiger partial charge < -0.3 is 20.5 Å². The van der Waals surface area contributed by atoms with Gasteiger partial charge in [-0.1, -0.05) is 0 Å². The van der Waals surface area contributed by atoms with Gasteiger partial charge in [-0.3, -0.25) is 4.79 Å². The molecule has 5 nitrogen and oxygen atoms in total. The predicted octanol–water partition coefficient (Wildman–Crippen LogP) is 0.747. The Morgan fingerprint density at radius 1 is 1.70 bits per heavy atom. The Kier molecular flexibility index (Phi) is 5.72. The number of carbonyl (C=O) groups excluding carboxylic acids is 1. The summed E-state index contributed by atoms with van der Waals surface area (Å²) in [6.45, 7) is 1.67. The first-order chi connectivity index (χ1) is 9.72. The zero-order chi connectivity index (χ0) is 14.4. The van der Waals surface area contributed by atoms with E-state index in [1.54, 1.807) is 13.2 Å². The molecule has 1 aromatic rings. The van der Waals surface area contributed by atoms with Crippen LogP contribution in [0.4, 0.5) is 0 Å². The third kappa shape index (κ3) is 4.14. The van der Waals surface area contributed by atoms with Crippen molar-refractivity contribution in [2.24, 2.45) is 0 Å². The van der Waals surface area contributed by atoms with Crippen LogP contribution in [-0.2, 0) is 16.1 Å². The third-order valence-electron chi connectivity index (χ3n) is 3.30. The molecule has 2 heterocycles. The molecule has 1 aromatic heterocycles. The van der Waals surface area contributed by atoms with E-state index < -0.39 is 0 Å². The summed E-state index contributed by atoms with van der Waals surface area (Å²) in [5.74, 6) is -0.125. The molecule has 1 saturated heterocycles. The molecular weight excluding hydrogens is 276 g/mol. The average molecular weight is 296 g/mol. The van der Waals surface area contributed by atoms with E-state index in [0.29, 0.717) is 0 Å². The van der Waals surface area contributed by atoms with Crippen molar-refractivity contribution in [3.63, 3.8) is 0 Å². The molecule has 0 aromatic carbocycles. The molecular formula is C14H20N2O3S. The molecule has 2 rings (SSSR count). The summed E-state index contributed by atoms with van der Waals surface area (Å²) in [6.07, 6.45) is 4.25. The first-order valence-corrected chi connectivity index (χ1v) is 7.51. The molecule has 1 aliphatic rings. The Labute approximate surface area is 122 Å². The van der Waals surface area contributed by atoms with Crippen LogP contribution in [0.5, 0.6) is 0 Å². The first-order valence-electron chi connectivity index (χ1n) is 6.63. The van der Waals surface area contributed by atoms with Crippen LogP contribution < -0.4 is 10.6 Å².